The highest BCUT2D eigenvalue weighted by Crippen LogP contribution is 2.18. The summed E-state index contributed by atoms with van der Waals surface area (Å²) in [5.74, 6) is 0.254. The molecule has 1 saturated heterocycles. The number of carbonyl (C=O) groups is 2. The molecule has 1 aliphatic heterocycles. The zero-order chi connectivity index (χ0) is 17.8. The molecule has 1 aromatic heterocycles. The molecule has 3 rings (SSSR count). The number of aryl methyl sites for hydroxylation is 2. The van der Waals surface area contributed by atoms with Gasteiger partial charge in [-0.1, -0.05) is 6.07 Å². The molecule has 1 fully saturated rings. The van der Waals surface area contributed by atoms with Crippen LogP contribution in [-0.4, -0.2) is 31.1 Å². The lowest BCUT2D eigenvalue weighted by molar-refractivity contribution is 0.0229. The van der Waals surface area contributed by atoms with E-state index >= 15 is 0 Å². The van der Waals surface area contributed by atoms with Crippen LogP contribution in [0.5, 0.6) is 0 Å². The molecule has 0 atom stereocenters. The minimum Gasteiger partial charge on any atom is -0.459 e. The quantitative estimate of drug-likeness (QED) is 0.796. The van der Waals surface area contributed by atoms with Gasteiger partial charge in [0.05, 0.1) is 5.56 Å². The van der Waals surface area contributed by atoms with Gasteiger partial charge in [-0.3, -0.25) is 4.79 Å². The van der Waals surface area contributed by atoms with E-state index < -0.39 is 0 Å². The maximum absolute atomic E-state index is 12.3. The fourth-order valence-electron chi connectivity index (χ4n) is 2.91. The highest BCUT2D eigenvalue weighted by molar-refractivity contribution is 6.04. The van der Waals surface area contributed by atoms with Gasteiger partial charge >= 0.3 is 5.97 Å². The third kappa shape index (κ3) is 4.86. The Hall–Kier alpha value is -2.31. The molecule has 140 valence electrons. The monoisotopic (exact) mass is 378 g/mol. The Morgan fingerprint density at radius 1 is 1.19 bits per heavy atom. The predicted molar refractivity (Wildman–Crippen MR) is 101 cm³/mol. The van der Waals surface area contributed by atoms with Gasteiger partial charge in [-0.15, -0.1) is 12.4 Å². The van der Waals surface area contributed by atoms with E-state index in [4.69, 9.17) is 9.15 Å². The summed E-state index contributed by atoms with van der Waals surface area (Å²) in [6.45, 7) is 5.32. The summed E-state index contributed by atoms with van der Waals surface area (Å²) in [7, 11) is 0. The van der Waals surface area contributed by atoms with Gasteiger partial charge in [0.15, 0.2) is 5.76 Å². The number of nitrogens with one attached hydrogen (secondary N) is 2. The highest BCUT2D eigenvalue weighted by atomic mass is 35.5. The first-order valence-corrected chi connectivity index (χ1v) is 8.43. The van der Waals surface area contributed by atoms with Crippen LogP contribution in [0.2, 0.25) is 0 Å². The first-order valence-electron chi connectivity index (χ1n) is 8.43. The Balaban J connectivity index is 0.00000243. The second kappa shape index (κ2) is 8.87. The van der Waals surface area contributed by atoms with Crippen molar-refractivity contribution in [3.05, 3.63) is 53.0 Å². The van der Waals surface area contributed by atoms with E-state index in [1.165, 1.54) is 0 Å². The van der Waals surface area contributed by atoms with Crippen LogP contribution in [0.25, 0.3) is 0 Å². The van der Waals surface area contributed by atoms with Crippen molar-refractivity contribution in [2.24, 2.45) is 0 Å². The minimum absolute atomic E-state index is 0. The number of rotatable bonds is 4. The molecule has 0 bridgehead atoms. The molecule has 2 aromatic rings. The number of piperidine rings is 1. The zero-order valence-corrected chi connectivity index (χ0v) is 15.7. The average Bonchev–Trinajstić information content (AvgIpc) is 2.94. The van der Waals surface area contributed by atoms with Crippen LogP contribution in [0.3, 0.4) is 0 Å². The number of anilines is 1. The summed E-state index contributed by atoms with van der Waals surface area (Å²) in [6, 6.07) is 8.55. The van der Waals surface area contributed by atoms with Crippen molar-refractivity contribution in [3.8, 4) is 0 Å². The molecule has 2 heterocycles. The maximum atomic E-state index is 12.3. The van der Waals surface area contributed by atoms with Crippen LogP contribution in [0.15, 0.2) is 34.7 Å². The smallest absolute Gasteiger partial charge is 0.338 e. The topological polar surface area (TPSA) is 80.6 Å². The molecule has 1 aromatic carbocycles. The van der Waals surface area contributed by atoms with Crippen LogP contribution >= 0.6 is 12.4 Å². The zero-order valence-electron chi connectivity index (χ0n) is 14.8. The summed E-state index contributed by atoms with van der Waals surface area (Å²) in [4.78, 5) is 24.6. The van der Waals surface area contributed by atoms with Crippen LogP contribution in [0, 0.1) is 13.8 Å². The number of hydrogen-bond donors (Lipinski definition) is 2. The van der Waals surface area contributed by atoms with Gasteiger partial charge in [-0.25, -0.2) is 4.79 Å². The lowest BCUT2D eigenvalue weighted by Crippen LogP contribution is -2.33. The van der Waals surface area contributed by atoms with Crippen molar-refractivity contribution in [1.82, 2.24) is 5.32 Å². The third-order valence-corrected chi connectivity index (χ3v) is 4.16. The largest absolute Gasteiger partial charge is 0.459 e. The Morgan fingerprint density at radius 3 is 2.58 bits per heavy atom. The van der Waals surface area contributed by atoms with Gasteiger partial charge in [0, 0.05) is 11.3 Å². The molecule has 2 N–H and O–H groups in total. The van der Waals surface area contributed by atoms with E-state index in [1.54, 1.807) is 31.2 Å². The fourth-order valence-corrected chi connectivity index (χ4v) is 2.91. The van der Waals surface area contributed by atoms with E-state index in [1.807, 2.05) is 13.0 Å². The summed E-state index contributed by atoms with van der Waals surface area (Å²) < 4.78 is 11.0. The van der Waals surface area contributed by atoms with Crippen molar-refractivity contribution >= 4 is 30.0 Å². The molecule has 0 aliphatic carbocycles. The lowest BCUT2D eigenvalue weighted by atomic mass is 10.1. The first kappa shape index (κ1) is 20.0. The molecule has 0 radical (unpaired) electrons. The molecule has 0 spiro atoms. The van der Waals surface area contributed by atoms with Gasteiger partial charge in [0.1, 0.15) is 11.9 Å². The molecule has 0 unspecified atom stereocenters. The number of hydrogen-bond acceptors (Lipinski definition) is 5. The summed E-state index contributed by atoms with van der Waals surface area (Å²) in [5.41, 5.74) is 1.72. The average molecular weight is 379 g/mol. The van der Waals surface area contributed by atoms with Crippen molar-refractivity contribution < 1.29 is 18.7 Å². The van der Waals surface area contributed by atoms with Crippen LogP contribution in [0.4, 0.5) is 5.69 Å². The van der Waals surface area contributed by atoms with Crippen molar-refractivity contribution in [2.45, 2.75) is 32.8 Å². The number of carbonyl (C=O) groups excluding carboxylic acids is 2. The van der Waals surface area contributed by atoms with E-state index in [9.17, 15) is 9.59 Å². The van der Waals surface area contributed by atoms with Crippen molar-refractivity contribution in [2.75, 3.05) is 18.4 Å². The van der Waals surface area contributed by atoms with Gasteiger partial charge in [0.25, 0.3) is 5.91 Å². The number of halogens is 1. The second-order valence-corrected chi connectivity index (χ2v) is 6.26. The Bertz CT molecular complexity index is 782. The molecule has 6 nitrogen and oxygen atoms in total. The van der Waals surface area contributed by atoms with Crippen molar-refractivity contribution in [3.63, 3.8) is 0 Å². The molecule has 7 heteroatoms. The third-order valence-electron chi connectivity index (χ3n) is 4.16. The molecule has 26 heavy (non-hydrogen) atoms. The standard InChI is InChI=1S/C19H22N2O4.ClH/c1-12-10-13(2)24-17(12)18(22)21-15-5-3-4-14(11-15)19(23)25-16-6-8-20-9-7-16;/h3-5,10-11,16,20H,6-9H2,1-2H3,(H,21,22);1H. The van der Waals surface area contributed by atoms with Crippen molar-refractivity contribution in [1.29, 1.82) is 0 Å². The maximum Gasteiger partial charge on any atom is 0.338 e. The summed E-state index contributed by atoms with van der Waals surface area (Å²) in [6.07, 6.45) is 1.58. The van der Waals surface area contributed by atoms with Gasteiger partial charge in [-0.2, -0.15) is 0 Å². The normalized spacial score (nSPS) is 14.4. The summed E-state index contributed by atoms with van der Waals surface area (Å²) in [5, 5.41) is 5.99. The first-order chi connectivity index (χ1) is 12.0. The lowest BCUT2D eigenvalue weighted by Gasteiger charge is -2.22. The van der Waals surface area contributed by atoms with E-state index in [0.717, 1.165) is 31.5 Å². The van der Waals surface area contributed by atoms with Crippen LogP contribution < -0.4 is 10.6 Å². The molecule has 1 amide bonds. The predicted octanol–water partition coefficient (Wildman–Crippen LogP) is 3.48. The van der Waals surface area contributed by atoms with Crippen LogP contribution in [-0.2, 0) is 4.74 Å². The SMILES string of the molecule is Cc1cc(C)c(C(=O)Nc2cccc(C(=O)OC3CCNCC3)c2)o1.Cl. The van der Waals surface area contributed by atoms with E-state index in [2.05, 4.69) is 10.6 Å². The number of ether oxygens (including phenoxy) is 1. The van der Waals surface area contributed by atoms with E-state index in [-0.39, 0.29) is 36.1 Å². The highest BCUT2D eigenvalue weighted by Gasteiger charge is 2.19. The number of furan rings is 1. The van der Waals surface area contributed by atoms with Gasteiger partial charge in [0.2, 0.25) is 0 Å². The molecule has 1 aliphatic rings. The minimum atomic E-state index is -0.368. The number of benzene rings is 1. The Morgan fingerprint density at radius 2 is 1.92 bits per heavy atom. The molecular formula is C19H23ClN2O4. The van der Waals surface area contributed by atoms with E-state index in [0.29, 0.717) is 17.0 Å². The summed E-state index contributed by atoms with van der Waals surface area (Å²) >= 11 is 0. The number of esters is 1. The van der Waals surface area contributed by atoms with Crippen LogP contribution in [0.1, 0.15) is 45.1 Å². The Kier molecular flexibility index (Phi) is 6.83. The second-order valence-electron chi connectivity index (χ2n) is 6.26. The molecule has 0 saturated carbocycles. The Labute approximate surface area is 158 Å². The van der Waals surface area contributed by atoms with Gasteiger partial charge in [-0.05, 0) is 64.0 Å². The van der Waals surface area contributed by atoms with Gasteiger partial charge < -0.3 is 19.8 Å². The molecular weight excluding hydrogens is 356 g/mol. The number of amides is 1. The fraction of sp³-hybridized carbons (Fsp3) is 0.368.